The molecule has 33 heavy (non-hydrogen) atoms. The number of hydrogen-bond donors (Lipinski definition) is 1. The smallest absolute Gasteiger partial charge is 0.373 e. The maximum Gasteiger partial charge on any atom is 0.416 e. The molecule has 0 amide bonds. The molecule has 0 bridgehead atoms. The van der Waals surface area contributed by atoms with E-state index in [0.29, 0.717) is 16.8 Å². The lowest BCUT2D eigenvalue weighted by Gasteiger charge is -2.23. The summed E-state index contributed by atoms with van der Waals surface area (Å²) < 4.78 is 43.0. The number of pyridine rings is 1. The fraction of sp³-hybridized carbons (Fsp3) is 0.435. The zero-order chi connectivity index (χ0) is 24.2. The quantitative estimate of drug-likeness (QED) is 0.622. The molecule has 1 saturated carbocycles. The standard InChI is InChI=1S/C23H26F3N5O2/c1-12-15(7-6-8-17(12)23(24,25)26)13(2)27-20-16-11-31(14-9-10-14)22(33)19(29(3)4)18(16)21(32)30(5)28-20/h6-8,11,13-14H,9-10H2,1-5H3,(H,27,28)/t13-/m1/s1. The average molecular weight is 461 g/mol. The highest BCUT2D eigenvalue weighted by Crippen LogP contribution is 2.37. The van der Waals surface area contributed by atoms with Crippen molar-refractivity contribution < 1.29 is 13.2 Å². The monoisotopic (exact) mass is 461 g/mol. The molecule has 1 atom stereocenters. The lowest BCUT2D eigenvalue weighted by molar-refractivity contribution is -0.138. The van der Waals surface area contributed by atoms with Gasteiger partial charge in [-0.1, -0.05) is 12.1 Å². The van der Waals surface area contributed by atoms with Gasteiger partial charge in [0.15, 0.2) is 5.82 Å². The second-order valence-corrected chi connectivity index (χ2v) is 8.77. The van der Waals surface area contributed by atoms with E-state index in [1.165, 1.54) is 20.0 Å². The molecule has 0 unspecified atom stereocenters. The van der Waals surface area contributed by atoms with Gasteiger partial charge in [-0.05, 0) is 43.9 Å². The van der Waals surface area contributed by atoms with E-state index < -0.39 is 23.3 Å². The summed E-state index contributed by atoms with van der Waals surface area (Å²) in [5, 5.41) is 8.24. The Morgan fingerprint density at radius 3 is 2.42 bits per heavy atom. The Hall–Kier alpha value is -3.30. The third-order valence-electron chi connectivity index (χ3n) is 6.11. The first kappa shape index (κ1) is 22.9. The summed E-state index contributed by atoms with van der Waals surface area (Å²) in [6.07, 6.45) is -1.06. The number of halogens is 3. The van der Waals surface area contributed by atoms with Gasteiger partial charge in [-0.25, -0.2) is 4.68 Å². The minimum atomic E-state index is -4.46. The van der Waals surface area contributed by atoms with Gasteiger partial charge in [0.25, 0.3) is 11.1 Å². The third kappa shape index (κ3) is 3.98. The zero-order valence-electron chi connectivity index (χ0n) is 19.1. The molecule has 0 aliphatic heterocycles. The topological polar surface area (TPSA) is 72.2 Å². The van der Waals surface area contributed by atoms with Gasteiger partial charge in [0.2, 0.25) is 0 Å². The van der Waals surface area contributed by atoms with Gasteiger partial charge in [-0.2, -0.15) is 18.3 Å². The normalized spacial score (nSPS) is 15.0. The minimum Gasteiger partial charge on any atom is -0.373 e. The first-order valence-electron chi connectivity index (χ1n) is 10.7. The van der Waals surface area contributed by atoms with Crippen LogP contribution < -0.4 is 21.3 Å². The van der Waals surface area contributed by atoms with E-state index in [-0.39, 0.29) is 28.2 Å². The van der Waals surface area contributed by atoms with Gasteiger partial charge in [0.1, 0.15) is 5.69 Å². The molecule has 2 aromatic heterocycles. The molecule has 1 fully saturated rings. The molecule has 0 radical (unpaired) electrons. The van der Waals surface area contributed by atoms with Crippen LogP contribution in [-0.2, 0) is 13.2 Å². The van der Waals surface area contributed by atoms with Gasteiger partial charge < -0.3 is 14.8 Å². The van der Waals surface area contributed by atoms with Crippen molar-refractivity contribution in [1.29, 1.82) is 0 Å². The lowest BCUT2D eigenvalue weighted by atomic mass is 9.97. The van der Waals surface area contributed by atoms with Crippen LogP contribution in [0.15, 0.2) is 34.0 Å². The largest absolute Gasteiger partial charge is 0.416 e. The van der Waals surface area contributed by atoms with Crippen LogP contribution in [0.1, 0.15) is 48.5 Å². The number of anilines is 2. The molecule has 0 saturated heterocycles. The summed E-state index contributed by atoms with van der Waals surface area (Å²) >= 11 is 0. The third-order valence-corrected chi connectivity index (χ3v) is 6.11. The van der Waals surface area contributed by atoms with Crippen molar-refractivity contribution in [3.8, 4) is 0 Å². The van der Waals surface area contributed by atoms with Crippen molar-refractivity contribution in [1.82, 2.24) is 14.3 Å². The molecule has 1 aromatic carbocycles. The van der Waals surface area contributed by atoms with Crippen LogP contribution in [0.3, 0.4) is 0 Å². The van der Waals surface area contributed by atoms with E-state index >= 15 is 0 Å². The number of nitrogens with zero attached hydrogens (tertiary/aromatic N) is 4. The summed E-state index contributed by atoms with van der Waals surface area (Å²) in [5.41, 5.74) is -0.481. The van der Waals surface area contributed by atoms with Gasteiger partial charge in [-0.3, -0.25) is 9.59 Å². The molecular formula is C23H26F3N5O2. The maximum absolute atomic E-state index is 13.4. The molecular weight excluding hydrogens is 435 g/mol. The molecule has 176 valence electrons. The molecule has 1 N–H and O–H groups in total. The maximum atomic E-state index is 13.4. The van der Waals surface area contributed by atoms with Crippen molar-refractivity contribution >= 4 is 22.3 Å². The second-order valence-electron chi connectivity index (χ2n) is 8.77. The van der Waals surface area contributed by atoms with Gasteiger partial charge >= 0.3 is 6.18 Å². The number of rotatable bonds is 5. The van der Waals surface area contributed by atoms with Crippen LogP contribution in [0.25, 0.3) is 10.8 Å². The highest BCUT2D eigenvalue weighted by molar-refractivity contribution is 5.98. The molecule has 2 heterocycles. The summed E-state index contributed by atoms with van der Waals surface area (Å²) in [7, 11) is 4.89. The van der Waals surface area contributed by atoms with Crippen molar-refractivity contribution in [2.75, 3.05) is 24.3 Å². The average Bonchev–Trinajstić information content (AvgIpc) is 3.55. The predicted octanol–water partition coefficient (Wildman–Crippen LogP) is 4.00. The zero-order valence-corrected chi connectivity index (χ0v) is 19.1. The molecule has 3 aromatic rings. The first-order valence-corrected chi connectivity index (χ1v) is 10.7. The van der Waals surface area contributed by atoms with Crippen molar-refractivity contribution in [2.24, 2.45) is 7.05 Å². The molecule has 10 heteroatoms. The van der Waals surface area contributed by atoms with Crippen LogP contribution in [0, 0.1) is 6.92 Å². The Morgan fingerprint density at radius 2 is 1.85 bits per heavy atom. The number of hydrogen-bond acceptors (Lipinski definition) is 5. The van der Waals surface area contributed by atoms with E-state index in [1.807, 2.05) is 0 Å². The van der Waals surface area contributed by atoms with Gasteiger partial charge in [-0.15, -0.1) is 0 Å². The SMILES string of the molecule is Cc1c([C@@H](C)Nc2nn(C)c(=O)c3c(N(C)C)c(=O)n(C4CC4)cc23)cccc1C(F)(F)F. The summed E-state index contributed by atoms with van der Waals surface area (Å²) in [5.74, 6) is 0.328. The molecule has 7 nitrogen and oxygen atoms in total. The molecule has 4 rings (SSSR count). The number of alkyl halides is 3. The highest BCUT2D eigenvalue weighted by Gasteiger charge is 2.33. The van der Waals surface area contributed by atoms with Crippen LogP contribution in [0.5, 0.6) is 0 Å². The number of aromatic nitrogens is 3. The highest BCUT2D eigenvalue weighted by atomic mass is 19.4. The van der Waals surface area contributed by atoms with Crippen molar-refractivity contribution in [3.05, 3.63) is 61.8 Å². The van der Waals surface area contributed by atoms with Crippen molar-refractivity contribution in [3.63, 3.8) is 0 Å². The number of fused-ring (bicyclic) bond motifs is 1. The Balaban J connectivity index is 1.90. The van der Waals surface area contributed by atoms with Crippen LogP contribution in [-0.4, -0.2) is 28.4 Å². The Morgan fingerprint density at radius 1 is 1.18 bits per heavy atom. The Labute approximate surface area is 188 Å². The van der Waals surface area contributed by atoms with Gasteiger partial charge in [0, 0.05) is 33.4 Å². The van der Waals surface area contributed by atoms with Crippen LogP contribution in [0.4, 0.5) is 24.7 Å². The predicted molar refractivity (Wildman–Crippen MR) is 122 cm³/mol. The van der Waals surface area contributed by atoms with E-state index in [4.69, 9.17) is 0 Å². The minimum absolute atomic E-state index is 0.0700. The van der Waals surface area contributed by atoms with Gasteiger partial charge in [0.05, 0.1) is 22.4 Å². The van der Waals surface area contributed by atoms with E-state index in [9.17, 15) is 22.8 Å². The lowest BCUT2D eigenvalue weighted by Crippen LogP contribution is -2.32. The molecule has 1 aliphatic rings. The second kappa shape index (κ2) is 7.93. The number of aryl methyl sites for hydroxylation is 1. The number of nitrogens with one attached hydrogen (secondary N) is 1. The Bertz CT molecular complexity index is 1350. The molecule has 0 spiro atoms. The van der Waals surface area contributed by atoms with E-state index in [1.54, 1.807) is 42.7 Å². The summed E-state index contributed by atoms with van der Waals surface area (Å²) in [6.45, 7) is 3.18. The van der Waals surface area contributed by atoms with Crippen LogP contribution >= 0.6 is 0 Å². The first-order chi connectivity index (χ1) is 15.4. The summed E-state index contributed by atoms with van der Waals surface area (Å²) in [6, 6.07) is 3.61. The van der Waals surface area contributed by atoms with Crippen LogP contribution in [0.2, 0.25) is 0 Å². The number of benzene rings is 1. The van der Waals surface area contributed by atoms with Crippen molar-refractivity contribution in [2.45, 2.75) is 44.9 Å². The fourth-order valence-corrected chi connectivity index (χ4v) is 4.28. The Kier molecular flexibility index (Phi) is 5.50. The molecule has 1 aliphatic carbocycles. The van der Waals surface area contributed by atoms with E-state index in [2.05, 4.69) is 10.4 Å². The fourth-order valence-electron chi connectivity index (χ4n) is 4.28. The van der Waals surface area contributed by atoms with E-state index in [0.717, 1.165) is 23.6 Å². The summed E-state index contributed by atoms with van der Waals surface area (Å²) in [4.78, 5) is 27.7.